The van der Waals surface area contributed by atoms with Crippen LogP contribution in [0.25, 0.3) is 0 Å². The van der Waals surface area contributed by atoms with Gasteiger partial charge in [-0.05, 0) is 67.6 Å². The van der Waals surface area contributed by atoms with Crippen LogP contribution < -0.4 is 9.62 Å². The van der Waals surface area contributed by atoms with Crippen LogP contribution in [0.4, 0.5) is 10.1 Å². The van der Waals surface area contributed by atoms with E-state index in [9.17, 15) is 12.8 Å². The number of aryl methyl sites for hydroxylation is 2. The van der Waals surface area contributed by atoms with E-state index in [1.54, 1.807) is 25.1 Å². The third-order valence-electron chi connectivity index (χ3n) is 4.67. The van der Waals surface area contributed by atoms with E-state index in [2.05, 4.69) is 9.62 Å². The highest BCUT2D eigenvalue weighted by atomic mass is 32.2. The predicted octanol–water partition coefficient (Wildman–Crippen LogP) is 3.25. The maximum Gasteiger partial charge on any atom is 0.240 e. The third kappa shape index (κ3) is 4.19. The third-order valence-corrected chi connectivity index (χ3v) is 6.24. The maximum atomic E-state index is 13.0. The van der Waals surface area contributed by atoms with Gasteiger partial charge in [0.25, 0.3) is 0 Å². The fraction of sp³-hybridized carbons (Fsp3) is 0.368. The molecule has 1 heterocycles. The van der Waals surface area contributed by atoms with Gasteiger partial charge in [-0.3, -0.25) is 0 Å². The van der Waals surface area contributed by atoms with Crippen molar-refractivity contribution in [2.45, 2.75) is 25.2 Å². The van der Waals surface area contributed by atoms with Crippen molar-refractivity contribution in [3.8, 4) is 0 Å². The number of nitrogens with one attached hydrogen (secondary N) is 1. The van der Waals surface area contributed by atoms with Crippen molar-refractivity contribution in [3.05, 3.63) is 59.4 Å². The molecule has 1 aliphatic heterocycles. The zero-order valence-corrected chi connectivity index (χ0v) is 15.3. The lowest BCUT2D eigenvalue weighted by atomic mass is 10.1. The molecule has 1 atom stereocenters. The van der Waals surface area contributed by atoms with Crippen LogP contribution in [-0.2, 0) is 10.0 Å². The van der Waals surface area contributed by atoms with Gasteiger partial charge in [0.2, 0.25) is 10.0 Å². The summed E-state index contributed by atoms with van der Waals surface area (Å²) < 4.78 is 41.0. The molecule has 1 saturated heterocycles. The second kappa shape index (κ2) is 7.14. The standard InChI is InChI=1S/C19H23FN2O2S/c1-14-3-4-15(2)19(11-14)25(23,24)21-12-16-9-10-22(13-16)18-7-5-17(20)6-8-18/h3-8,11,16,21H,9-10,12-13H2,1-2H3. The summed E-state index contributed by atoms with van der Waals surface area (Å²) in [6, 6.07) is 11.9. The number of halogens is 1. The summed E-state index contributed by atoms with van der Waals surface area (Å²) >= 11 is 0. The lowest BCUT2D eigenvalue weighted by molar-refractivity contribution is 0.541. The van der Waals surface area contributed by atoms with Crippen molar-refractivity contribution >= 4 is 15.7 Å². The number of nitrogens with zero attached hydrogens (tertiary/aromatic N) is 1. The van der Waals surface area contributed by atoms with Crippen LogP contribution in [-0.4, -0.2) is 28.1 Å². The van der Waals surface area contributed by atoms with Crippen molar-refractivity contribution in [2.24, 2.45) is 5.92 Å². The van der Waals surface area contributed by atoms with Gasteiger partial charge in [0.1, 0.15) is 5.82 Å². The molecule has 0 saturated carbocycles. The summed E-state index contributed by atoms with van der Waals surface area (Å²) in [5, 5.41) is 0. The van der Waals surface area contributed by atoms with Crippen LogP contribution in [0.1, 0.15) is 17.5 Å². The van der Waals surface area contributed by atoms with Crippen LogP contribution >= 0.6 is 0 Å². The quantitative estimate of drug-likeness (QED) is 0.888. The maximum absolute atomic E-state index is 13.0. The number of hydrogen-bond donors (Lipinski definition) is 1. The lowest BCUT2D eigenvalue weighted by Gasteiger charge is -2.19. The first-order valence-corrected chi connectivity index (χ1v) is 9.91. The molecular formula is C19H23FN2O2S. The molecule has 0 spiro atoms. The minimum absolute atomic E-state index is 0.241. The van der Waals surface area contributed by atoms with Gasteiger partial charge < -0.3 is 4.90 Å². The van der Waals surface area contributed by atoms with Crippen LogP contribution in [0.5, 0.6) is 0 Å². The Kier molecular flexibility index (Phi) is 5.11. The highest BCUT2D eigenvalue weighted by Crippen LogP contribution is 2.24. The van der Waals surface area contributed by atoms with Gasteiger partial charge in [0.05, 0.1) is 4.90 Å². The van der Waals surface area contributed by atoms with E-state index in [1.165, 1.54) is 12.1 Å². The van der Waals surface area contributed by atoms with E-state index in [4.69, 9.17) is 0 Å². The fourth-order valence-electron chi connectivity index (χ4n) is 3.19. The van der Waals surface area contributed by atoms with Crippen LogP contribution in [0.2, 0.25) is 0 Å². The molecule has 1 unspecified atom stereocenters. The summed E-state index contributed by atoms with van der Waals surface area (Å²) in [4.78, 5) is 2.51. The SMILES string of the molecule is Cc1ccc(C)c(S(=O)(=O)NCC2CCN(c3ccc(F)cc3)C2)c1. The average Bonchev–Trinajstić information content (AvgIpc) is 3.05. The van der Waals surface area contributed by atoms with Crippen molar-refractivity contribution < 1.29 is 12.8 Å². The normalized spacial score (nSPS) is 17.9. The highest BCUT2D eigenvalue weighted by molar-refractivity contribution is 7.89. The molecule has 1 fully saturated rings. The Balaban J connectivity index is 1.62. The Morgan fingerprint density at radius 2 is 1.88 bits per heavy atom. The van der Waals surface area contributed by atoms with Crippen LogP contribution in [0.15, 0.2) is 47.4 Å². The first kappa shape index (κ1) is 17.9. The molecule has 134 valence electrons. The van der Waals surface area contributed by atoms with Gasteiger partial charge in [-0.25, -0.2) is 17.5 Å². The Labute approximate surface area is 148 Å². The summed E-state index contributed by atoms with van der Waals surface area (Å²) in [6.07, 6.45) is 0.909. The largest absolute Gasteiger partial charge is 0.371 e. The monoisotopic (exact) mass is 362 g/mol. The van der Waals surface area contributed by atoms with E-state index in [-0.39, 0.29) is 11.7 Å². The number of anilines is 1. The number of hydrogen-bond acceptors (Lipinski definition) is 3. The minimum atomic E-state index is -3.51. The smallest absolute Gasteiger partial charge is 0.240 e. The van der Waals surface area contributed by atoms with Gasteiger partial charge >= 0.3 is 0 Å². The minimum Gasteiger partial charge on any atom is -0.371 e. The first-order valence-electron chi connectivity index (χ1n) is 8.42. The van der Waals surface area contributed by atoms with Gasteiger partial charge in [0, 0.05) is 25.3 Å². The van der Waals surface area contributed by atoms with Gasteiger partial charge in [-0.2, -0.15) is 0 Å². The molecule has 0 aliphatic carbocycles. The predicted molar refractivity (Wildman–Crippen MR) is 97.8 cm³/mol. The number of benzene rings is 2. The summed E-state index contributed by atoms with van der Waals surface area (Å²) in [6.45, 7) is 5.71. The van der Waals surface area contributed by atoms with Gasteiger partial charge in [0.15, 0.2) is 0 Å². The first-order chi connectivity index (χ1) is 11.8. The molecule has 6 heteroatoms. The second-order valence-electron chi connectivity index (χ2n) is 6.70. The van der Waals surface area contributed by atoms with Crippen LogP contribution in [0, 0.1) is 25.6 Å². The van der Waals surface area contributed by atoms with Crippen molar-refractivity contribution in [1.29, 1.82) is 0 Å². The molecule has 0 radical (unpaired) electrons. The van der Waals surface area contributed by atoms with E-state index < -0.39 is 10.0 Å². The molecule has 25 heavy (non-hydrogen) atoms. The summed E-state index contributed by atoms with van der Waals surface area (Å²) in [5.74, 6) is -0.00859. The van der Waals surface area contributed by atoms with Crippen LogP contribution in [0.3, 0.4) is 0 Å². The molecule has 3 rings (SSSR count). The molecule has 0 bridgehead atoms. The van der Waals surface area contributed by atoms with Gasteiger partial charge in [-0.1, -0.05) is 12.1 Å². The average molecular weight is 362 g/mol. The Hall–Kier alpha value is -1.92. The van der Waals surface area contributed by atoms with Crippen molar-refractivity contribution in [3.63, 3.8) is 0 Å². The van der Waals surface area contributed by atoms with Crippen molar-refractivity contribution in [2.75, 3.05) is 24.5 Å². The molecule has 4 nitrogen and oxygen atoms in total. The zero-order chi connectivity index (χ0) is 18.0. The molecule has 2 aromatic carbocycles. The van der Waals surface area contributed by atoms with E-state index in [0.29, 0.717) is 11.4 Å². The highest BCUT2D eigenvalue weighted by Gasteiger charge is 2.25. The molecule has 0 aromatic heterocycles. The Morgan fingerprint density at radius 3 is 2.60 bits per heavy atom. The molecule has 0 amide bonds. The Bertz CT molecular complexity index is 850. The van der Waals surface area contributed by atoms with Crippen molar-refractivity contribution in [1.82, 2.24) is 4.72 Å². The van der Waals surface area contributed by atoms with E-state index in [1.807, 2.05) is 19.1 Å². The lowest BCUT2D eigenvalue weighted by Crippen LogP contribution is -2.31. The summed E-state index contributed by atoms with van der Waals surface area (Å²) in [7, 11) is -3.51. The Morgan fingerprint density at radius 1 is 1.16 bits per heavy atom. The molecule has 2 aromatic rings. The molecule has 1 N–H and O–H groups in total. The molecular weight excluding hydrogens is 339 g/mol. The second-order valence-corrected chi connectivity index (χ2v) is 8.43. The van der Waals surface area contributed by atoms with E-state index in [0.717, 1.165) is 36.3 Å². The van der Waals surface area contributed by atoms with Gasteiger partial charge in [-0.15, -0.1) is 0 Å². The molecule has 1 aliphatic rings. The zero-order valence-electron chi connectivity index (χ0n) is 14.5. The number of sulfonamides is 1. The summed E-state index contributed by atoms with van der Waals surface area (Å²) in [5.41, 5.74) is 2.65. The number of rotatable bonds is 5. The topological polar surface area (TPSA) is 49.4 Å². The fourth-order valence-corrected chi connectivity index (χ4v) is 4.63. The van der Waals surface area contributed by atoms with E-state index >= 15 is 0 Å².